The Kier molecular flexibility index (Phi) is 7.78. The van der Waals surface area contributed by atoms with Crippen LogP contribution in [-0.2, 0) is 4.74 Å². The van der Waals surface area contributed by atoms with Crippen LogP contribution in [0.2, 0.25) is 21.1 Å². The van der Waals surface area contributed by atoms with E-state index in [0.29, 0.717) is 19.1 Å². The summed E-state index contributed by atoms with van der Waals surface area (Å²) in [5.74, 6) is 0.727. The molecular formula is C12H13Cl4N9O2. The molecule has 1 atom stereocenters. The summed E-state index contributed by atoms with van der Waals surface area (Å²) < 4.78 is 4.77. The highest BCUT2D eigenvalue weighted by atomic mass is 35.5. The second-order valence-electron chi connectivity index (χ2n) is 5.14. The molecule has 0 unspecified atom stereocenters. The van der Waals surface area contributed by atoms with E-state index >= 15 is 0 Å². The smallest absolute Gasteiger partial charge is 0.404 e. The number of anilines is 2. The number of carbonyl (C=O) groups excluding carboxylic acids is 1. The van der Waals surface area contributed by atoms with Gasteiger partial charge in [0.2, 0.25) is 33.0 Å². The van der Waals surface area contributed by atoms with Crippen LogP contribution in [0.1, 0.15) is 6.42 Å². The zero-order valence-electron chi connectivity index (χ0n) is 13.5. The number of ether oxygens (including phenoxy) is 1. The maximum Gasteiger partial charge on any atom is 0.404 e. The second-order valence-corrected chi connectivity index (χ2v) is 6.49. The first-order valence-corrected chi connectivity index (χ1v) is 8.81. The Balaban J connectivity index is 0.000000244. The van der Waals surface area contributed by atoms with E-state index in [9.17, 15) is 4.79 Å². The maximum atomic E-state index is 10.5. The number of amides is 1. The monoisotopic (exact) mass is 455 g/mol. The van der Waals surface area contributed by atoms with E-state index in [1.807, 2.05) is 4.90 Å². The van der Waals surface area contributed by atoms with E-state index in [1.165, 1.54) is 0 Å². The molecule has 0 radical (unpaired) electrons. The molecule has 146 valence electrons. The minimum atomic E-state index is -0.763. The minimum Gasteiger partial charge on any atom is -0.449 e. The minimum absolute atomic E-state index is 0.000000000000000444. The molecular weight excluding hydrogens is 444 g/mol. The van der Waals surface area contributed by atoms with Crippen LogP contribution in [0.4, 0.5) is 16.7 Å². The van der Waals surface area contributed by atoms with Gasteiger partial charge in [-0.15, -0.1) is 0 Å². The van der Waals surface area contributed by atoms with Gasteiger partial charge in [-0.3, -0.25) is 0 Å². The summed E-state index contributed by atoms with van der Waals surface area (Å²) >= 11 is 21.7. The SMILES string of the molecule is Clc1nc(Cl)nc(Cl)n1.NC(=O)OC[C@@H]1CCN(c2nc(N)nc(Cl)n2)C1. The van der Waals surface area contributed by atoms with Gasteiger partial charge in [-0.05, 0) is 52.8 Å². The molecule has 1 saturated heterocycles. The van der Waals surface area contributed by atoms with Crippen molar-refractivity contribution in [2.24, 2.45) is 11.7 Å². The summed E-state index contributed by atoms with van der Waals surface area (Å²) in [7, 11) is 0. The van der Waals surface area contributed by atoms with Gasteiger partial charge in [-0.25, -0.2) is 4.79 Å². The Morgan fingerprint density at radius 3 is 2.07 bits per heavy atom. The summed E-state index contributed by atoms with van der Waals surface area (Å²) in [6.07, 6.45) is 0.0946. The van der Waals surface area contributed by atoms with Crippen LogP contribution in [0.15, 0.2) is 0 Å². The van der Waals surface area contributed by atoms with Gasteiger partial charge < -0.3 is 21.1 Å². The van der Waals surface area contributed by atoms with Gasteiger partial charge in [0.1, 0.15) is 0 Å². The lowest BCUT2D eigenvalue weighted by atomic mass is 10.1. The number of hydrogen-bond donors (Lipinski definition) is 2. The first-order chi connectivity index (χ1) is 12.7. The molecule has 1 fully saturated rings. The number of rotatable bonds is 3. The van der Waals surface area contributed by atoms with Gasteiger partial charge in [0.15, 0.2) is 0 Å². The van der Waals surface area contributed by atoms with Crippen LogP contribution in [0.3, 0.4) is 0 Å². The number of primary amides is 1. The molecule has 0 aromatic carbocycles. The van der Waals surface area contributed by atoms with Crippen LogP contribution in [0, 0.1) is 5.92 Å². The topological polar surface area (TPSA) is 159 Å². The zero-order chi connectivity index (χ0) is 20.0. The van der Waals surface area contributed by atoms with Crippen molar-refractivity contribution < 1.29 is 9.53 Å². The van der Waals surface area contributed by atoms with Gasteiger partial charge in [0, 0.05) is 19.0 Å². The van der Waals surface area contributed by atoms with E-state index in [-0.39, 0.29) is 33.0 Å². The first-order valence-electron chi connectivity index (χ1n) is 7.29. The molecule has 1 aliphatic rings. The lowest BCUT2D eigenvalue weighted by Crippen LogP contribution is -2.25. The molecule has 1 amide bonds. The predicted octanol–water partition coefficient (Wildman–Crippen LogP) is 1.86. The lowest BCUT2D eigenvalue weighted by molar-refractivity contribution is 0.140. The normalized spacial score (nSPS) is 15.9. The molecule has 27 heavy (non-hydrogen) atoms. The van der Waals surface area contributed by atoms with Crippen LogP contribution < -0.4 is 16.4 Å². The fraction of sp³-hybridized carbons (Fsp3) is 0.417. The largest absolute Gasteiger partial charge is 0.449 e. The number of halogens is 4. The Morgan fingerprint density at radius 2 is 1.56 bits per heavy atom. The Bertz CT molecular complexity index is 742. The van der Waals surface area contributed by atoms with E-state index in [4.69, 9.17) is 62.6 Å². The first kappa shape index (κ1) is 21.4. The summed E-state index contributed by atoms with van der Waals surface area (Å²) in [5, 5.41) is 0.0642. The highest BCUT2D eigenvalue weighted by molar-refractivity contribution is 6.33. The second kappa shape index (κ2) is 9.83. The standard InChI is InChI=1S/C9H13ClN6O2.C3Cl3N3/c10-6-13-7(11)15-9(14-6)16-2-1-5(3-16)4-18-8(12)17;4-1-7-2(5)9-3(6)8-1/h5H,1-4H2,(H2,12,17)(H2,11,13,14,15);/t5-;/m1./s1. The van der Waals surface area contributed by atoms with Crippen LogP contribution in [0.25, 0.3) is 0 Å². The van der Waals surface area contributed by atoms with Crippen molar-refractivity contribution in [3.05, 3.63) is 21.1 Å². The highest BCUT2D eigenvalue weighted by Gasteiger charge is 2.25. The molecule has 0 bridgehead atoms. The molecule has 3 rings (SSSR count). The van der Waals surface area contributed by atoms with Gasteiger partial charge in [0.25, 0.3) is 0 Å². The number of aromatic nitrogens is 6. The fourth-order valence-corrected chi connectivity index (χ4v) is 2.92. The summed E-state index contributed by atoms with van der Waals surface area (Å²) in [5.41, 5.74) is 10.4. The Hall–Kier alpha value is -1.95. The summed E-state index contributed by atoms with van der Waals surface area (Å²) in [6.45, 7) is 1.69. The van der Waals surface area contributed by atoms with E-state index < -0.39 is 6.09 Å². The van der Waals surface area contributed by atoms with Crippen molar-refractivity contribution in [2.45, 2.75) is 6.42 Å². The number of hydrogen-bond acceptors (Lipinski definition) is 10. The maximum absolute atomic E-state index is 10.5. The molecule has 1 aliphatic heterocycles. The summed E-state index contributed by atoms with van der Waals surface area (Å²) in [6, 6.07) is 0. The predicted molar refractivity (Wildman–Crippen MR) is 100.0 cm³/mol. The third-order valence-corrected chi connectivity index (χ3v) is 3.87. The molecule has 2 aromatic rings. The van der Waals surface area contributed by atoms with Crippen molar-refractivity contribution in [1.82, 2.24) is 29.9 Å². The number of carbonyl (C=O) groups is 1. The van der Waals surface area contributed by atoms with Gasteiger partial charge in [0.05, 0.1) is 6.61 Å². The molecule has 15 heteroatoms. The molecule has 11 nitrogen and oxygen atoms in total. The molecule has 3 heterocycles. The quantitative estimate of drug-likeness (QED) is 0.697. The van der Waals surface area contributed by atoms with Crippen molar-refractivity contribution in [1.29, 1.82) is 0 Å². The number of nitrogens with two attached hydrogens (primary N) is 2. The molecule has 0 spiro atoms. The van der Waals surface area contributed by atoms with Gasteiger partial charge >= 0.3 is 6.09 Å². The Labute approximate surface area is 173 Å². The van der Waals surface area contributed by atoms with Crippen molar-refractivity contribution in [3.63, 3.8) is 0 Å². The van der Waals surface area contributed by atoms with Crippen LogP contribution in [0.5, 0.6) is 0 Å². The zero-order valence-corrected chi connectivity index (χ0v) is 16.5. The third kappa shape index (κ3) is 7.29. The van der Waals surface area contributed by atoms with Crippen LogP contribution >= 0.6 is 46.4 Å². The Morgan fingerprint density at radius 1 is 1.00 bits per heavy atom. The van der Waals surface area contributed by atoms with E-state index in [1.54, 1.807) is 0 Å². The average molecular weight is 457 g/mol. The molecule has 0 aliphatic carbocycles. The van der Waals surface area contributed by atoms with Crippen molar-refractivity contribution in [3.8, 4) is 0 Å². The number of nitrogen functional groups attached to an aromatic ring is 1. The van der Waals surface area contributed by atoms with E-state index in [2.05, 4.69) is 29.9 Å². The average Bonchev–Trinajstić information content (AvgIpc) is 3.00. The molecule has 2 aromatic heterocycles. The third-order valence-electron chi connectivity index (χ3n) is 3.20. The lowest BCUT2D eigenvalue weighted by Gasteiger charge is -2.16. The van der Waals surface area contributed by atoms with Crippen LogP contribution in [-0.4, -0.2) is 55.7 Å². The molecule has 0 saturated carbocycles. The van der Waals surface area contributed by atoms with E-state index in [0.717, 1.165) is 13.0 Å². The molecule has 4 N–H and O–H groups in total. The fourth-order valence-electron chi connectivity index (χ4n) is 2.15. The number of nitrogens with zero attached hydrogens (tertiary/aromatic N) is 7. The highest BCUT2D eigenvalue weighted by Crippen LogP contribution is 2.22. The van der Waals surface area contributed by atoms with Crippen molar-refractivity contribution >= 4 is 64.4 Å². The summed E-state index contributed by atoms with van der Waals surface area (Å²) in [4.78, 5) is 34.5. The van der Waals surface area contributed by atoms with Gasteiger partial charge in [-0.2, -0.15) is 29.9 Å². The van der Waals surface area contributed by atoms with Crippen molar-refractivity contribution in [2.75, 3.05) is 30.3 Å². The van der Waals surface area contributed by atoms with Gasteiger partial charge in [-0.1, -0.05) is 0 Å².